The van der Waals surface area contributed by atoms with Crippen LogP contribution < -0.4 is 15.4 Å². The van der Waals surface area contributed by atoms with Gasteiger partial charge in [0, 0.05) is 31.2 Å². The number of guanidine groups is 1. The molecule has 1 aromatic rings. The summed E-state index contributed by atoms with van der Waals surface area (Å²) < 4.78 is 43.3. The molecule has 2 N–H and O–H groups in total. The molecule has 0 aliphatic carbocycles. The topological polar surface area (TPSA) is 52.1 Å². The molecule has 1 heterocycles. The number of rotatable bonds is 8. The molecule has 1 saturated heterocycles. The number of ether oxygens (including phenoxy) is 1. The average molecular weight is 543 g/mol. The van der Waals surface area contributed by atoms with Crippen molar-refractivity contribution in [3.8, 4) is 5.75 Å². The van der Waals surface area contributed by atoms with Gasteiger partial charge in [0.05, 0.1) is 26.2 Å². The molecule has 2 rings (SSSR count). The lowest BCUT2D eigenvalue weighted by Crippen LogP contribution is -2.45. The monoisotopic (exact) mass is 543 g/mol. The minimum absolute atomic E-state index is 0. The number of hydrogen-bond donors (Lipinski definition) is 2. The van der Waals surface area contributed by atoms with Crippen LogP contribution >= 0.6 is 24.0 Å². The first-order valence-electron chi connectivity index (χ1n) is 9.86. The lowest BCUT2D eigenvalue weighted by atomic mass is 10.0. The van der Waals surface area contributed by atoms with Gasteiger partial charge in [0.1, 0.15) is 5.75 Å². The van der Waals surface area contributed by atoms with Crippen LogP contribution in [0.4, 0.5) is 13.2 Å². The molecule has 1 fully saturated rings. The molecule has 0 aromatic heterocycles. The highest BCUT2D eigenvalue weighted by Crippen LogP contribution is 2.28. The Morgan fingerprint density at radius 1 is 1.33 bits per heavy atom. The Bertz CT molecular complexity index is 672. The number of alkyl halides is 3. The summed E-state index contributed by atoms with van der Waals surface area (Å²) in [5.41, 5.74) is 1.04. The van der Waals surface area contributed by atoms with Gasteiger partial charge in [-0.1, -0.05) is 18.2 Å². The van der Waals surface area contributed by atoms with Gasteiger partial charge < -0.3 is 20.3 Å². The summed E-state index contributed by atoms with van der Waals surface area (Å²) in [6, 6.07) is 7.79. The van der Waals surface area contributed by atoms with Gasteiger partial charge in [-0.05, 0) is 33.5 Å². The highest BCUT2D eigenvalue weighted by molar-refractivity contribution is 14.0. The third-order valence-corrected chi connectivity index (χ3v) is 4.90. The van der Waals surface area contributed by atoms with Gasteiger partial charge in [0.25, 0.3) is 0 Å². The van der Waals surface area contributed by atoms with Crippen molar-refractivity contribution in [2.75, 3.05) is 53.9 Å². The van der Waals surface area contributed by atoms with Gasteiger partial charge in [-0.25, -0.2) is 0 Å². The number of hydrogen-bond acceptors (Lipinski definition) is 4. The Hall–Kier alpha value is -1.27. The fraction of sp³-hybridized carbons (Fsp3) is 0.650. The maximum Gasteiger partial charge on any atom is 0.401 e. The molecular formula is C20H33F3IN5O. The molecule has 172 valence electrons. The van der Waals surface area contributed by atoms with Crippen LogP contribution in [0.25, 0.3) is 0 Å². The first-order chi connectivity index (χ1) is 13.7. The van der Waals surface area contributed by atoms with E-state index in [2.05, 4.69) is 15.5 Å². The zero-order valence-corrected chi connectivity index (χ0v) is 20.3. The van der Waals surface area contributed by atoms with Crippen molar-refractivity contribution >= 4 is 29.9 Å². The SMILES string of the molecule is CCNC(=NCC(c1ccccc1OC)N(C)C)NC1CCN(CC(F)(F)F)C1.I. The smallest absolute Gasteiger partial charge is 0.401 e. The molecule has 0 bridgehead atoms. The van der Waals surface area contributed by atoms with Crippen molar-refractivity contribution in [2.45, 2.75) is 31.6 Å². The summed E-state index contributed by atoms with van der Waals surface area (Å²) in [6.07, 6.45) is -3.51. The van der Waals surface area contributed by atoms with E-state index in [-0.39, 0.29) is 36.1 Å². The van der Waals surface area contributed by atoms with Crippen molar-refractivity contribution in [3.05, 3.63) is 29.8 Å². The second kappa shape index (κ2) is 12.6. The number of halogens is 4. The van der Waals surface area contributed by atoms with Crippen LogP contribution in [-0.4, -0.2) is 81.9 Å². The van der Waals surface area contributed by atoms with Crippen LogP contribution in [0.2, 0.25) is 0 Å². The summed E-state index contributed by atoms with van der Waals surface area (Å²) in [6.45, 7) is 3.04. The van der Waals surface area contributed by atoms with Crippen LogP contribution in [0.1, 0.15) is 24.9 Å². The quantitative estimate of drug-likeness (QED) is 0.300. The van der Waals surface area contributed by atoms with E-state index in [0.29, 0.717) is 38.6 Å². The number of likely N-dealkylation sites (tertiary alicyclic amines) is 1. The third-order valence-electron chi connectivity index (χ3n) is 4.90. The van der Waals surface area contributed by atoms with Crippen molar-refractivity contribution < 1.29 is 17.9 Å². The van der Waals surface area contributed by atoms with E-state index in [0.717, 1.165) is 11.3 Å². The van der Waals surface area contributed by atoms with E-state index in [1.54, 1.807) is 7.11 Å². The standard InChI is InChI=1S/C20H32F3N5O.HI/c1-5-24-19(26-15-10-11-28(13-15)14-20(21,22)23)25-12-17(27(2)3)16-8-6-7-9-18(16)29-4;/h6-9,15,17H,5,10-14H2,1-4H3,(H2,24,25,26);1H. The highest BCUT2D eigenvalue weighted by Gasteiger charge is 2.34. The predicted octanol–water partition coefficient (Wildman–Crippen LogP) is 3.11. The van der Waals surface area contributed by atoms with Crippen LogP contribution in [0, 0.1) is 0 Å². The van der Waals surface area contributed by atoms with E-state index in [9.17, 15) is 13.2 Å². The fourth-order valence-corrected chi connectivity index (χ4v) is 3.52. The average Bonchev–Trinajstić information content (AvgIpc) is 3.07. The third kappa shape index (κ3) is 8.46. The number of likely N-dealkylation sites (N-methyl/N-ethyl adjacent to an activating group) is 1. The Morgan fingerprint density at radius 3 is 2.63 bits per heavy atom. The summed E-state index contributed by atoms with van der Waals surface area (Å²) in [5, 5.41) is 6.48. The molecule has 0 amide bonds. The fourth-order valence-electron chi connectivity index (χ4n) is 3.52. The first-order valence-corrected chi connectivity index (χ1v) is 9.86. The second-order valence-corrected chi connectivity index (χ2v) is 7.42. The summed E-state index contributed by atoms with van der Waals surface area (Å²) in [7, 11) is 5.62. The van der Waals surface area contributed by atoms with E-state index in [4.69, 9.17) is 9.73 Å². The number of aliphatic imine (C=N–C) groups is 1. The molecule has 10 heteroatoms. The van der Waals surface area contributed by atoms with Crippen LogP contribution in [0.15, 0.2) is 29.3 Å². The molecule has 6 nitrogen and oxygen atoms in total. The normalized spacial score (nSPS) is 18.8. The number of para-hydroxylation sites is 1. The molecule has 30 heavy (non-hydrogen) atoms. The number of nitrogens with zero attached hydrogens (tertiary/aromatic N) is 3. The van der Waals surface area contributed by atoms with Crippen molar-refractivity contribution in [2.24, 2.45) is 4.99 Å². The minimum Gasteiger partial charge on any atom is -0.496 e. The van der Waals surface area contributed by atoms with Gasteiger partial charge in [0.15, 0.2) is 5.96 Å². The van der Waals surface area contributed by atoms with E-state index in [1.165, 1.54) is 4.90 Å². The van der Waals surface area contributed by atoms with Gasteiger partial charge >= 0.3 is 6.18 Å². The second-order valence-electron chi connectivity index (χ2n) is 7.42. The molecule has 2 atom stereocenters. The summed E-state index contributed by atoms with van der Waals surface area (Å²) >= 11 is 0. The molecule has 1 aliphatic heterocycles. The van der Waals surface area contributed by atoms with Crippen molar-refractivity contribution in [3.63, 3.8) is 0 Å². The molecule has 2 unspecified atom stereocenters. The Balaban J connectivity index is 0.00000450. The summed E-state index contributed by atoms with van der Waals surface area (Å²) in [5.74, 6) is 1.42. The number of benzene rings is 1. The molecular weight excluding hydrogens is 510 g/mol. The Labute approximate surface area is 194 Å². The zero-order valence-electron chi connectivity index (χ0n) is 18.0. The van der Waals surface area contributed by atoms with E-state index in [1.807, 2.05) is 45.3 Å². The lowest BCUT2D eigenvalue weighted by molar-refractivity contribution is -0.143. The van der Waals surface area contributed by atoms with E-state index < -0.39 is 12.7 Å². The van der Waals surface area contributed by atoms with Gasteiger partial charge in [-0.3, -0.25) is 9.89 Å². The maximum absolute atomic E-state index is 12.6. The first kappa shape index (κ1) is 26.8. The van der Waals surface area contributed by atoms with Crippen molar-refractivity contribution in [1.29, 1.82) is 0 Å². The Kier molecular flexibility index (Phi) is 11.2. The lowest BCUT2D eigenvalue weighted by Gasteiger charge is -2.25. The van der Waals surface area contributed by atoms with Crippen LogP contribution in [0.3, 0.4) is 0 Å². The molecule has 0 radical (unpaired) electrons. The van der Waals surface area contributed by atoms with Gasteiger partial charge in [-0.2, -0.15) is 13.2 Å². The summed E-state index contributed by atoms with van der Waals surface area (Å²) in [4.78, 5) is 8.21. The van der Waals surface area contributed by atoms with E-state index >= 15 is 0 Å². The number of nitrogens with one attached hydrogen (secondary N) is 2. The van der Waals surface area contributed by atoms with Crippen LogP contribution in [0.5, 0.6) is 5.75 Å². The molecule has 0 spiro atoms. The molecule has 0 saturated carbocycles. The Morgan fingerprint density at radius 2 is 2.03 bits per heavy atom. The van der Waals surface area contributed by atoms with Crippen LogP contribution in [-0.2, 0) is 0 Å². The maximum atomic E-state index is 12.6. The molecule has 1 aliphatic rings. The van der Waals surface area contributed by atoms with Crippen molar-refractivity contribution in [1.82, 2.24) is 20.4 Å². The predicted molar refractivity (Wildman–Crippen MR) is 125 cm³/mol. The van der Waals surface area contributed by atoms with Gasteiger partial charge in [-0.15, -0.1) is 24.0 Å². The highest BCUT2D eigenvalue weighted by atomic mass is 127. The van der Waals surface area contributed by atoms with Gasteiger partial charge in [0.2, 0.25) is 0 Å². The molecule has 1 aromatic carbocycles. The zero-order chi connectivity index (χ0) is 21.4. The number of methoxy groups -OCH3 is 1. The minimum atomic E-state index is -4.17. The largest absolute Gasteiger partial charge is 0.496 e.